The molecule has 106 valence electrons. The Morgan fingerprint density at radius 3 is 2.65 bits per heavy atom. The third kappa shape index (κ3) is 2.76. The molecule has 2 heterocycles. The summed E-state index contributed by atoms with van der Waals surface area (Å²) in [5.41, 5.74) is 2.71. The summed E-state index contributed by atoms with van der Waals surface area (Å²) in [4.78, 5) is 14.9. The van der Waals surface area contributed by atoms with Crippen molar-refractivity contribution >= 4 is 11.0 Å². The van der Waals surface area contributed by atoms with Crippen LogP contribution in [0.25, 0.3) is 11.0 Å². The fraction of sp³-hybridized carbons (Fsp3) is 0.438. The second-order valence-corrected chi connectivity index (χ2v) is 5.97. The summed E-state index contributed by atoms with van der Waals surface area (Å²) in [5, 5.41) is 1.08. The van der Waals surface area contributed by atoms with E-state index in [1.54, 1.807) is 15.9 Å². The normalized spacial score (nSPS) is 23.1. The van der Waals surface area contributed by atoms with Crippen molar-refractivity contribution in [2.24, 2.45) is 0 Å². The molecule has 3 rings (SSSR count). The van der Waals surface area contributed by atoms with Crippen LogP contribution in [0.1, 0.15) is 11.1 Å². The third-order valence-electron chi connectivity index (χ3n) is 4.24. The second kappa shape index (κ2) is 5.38. The summed E-state index contributed by atoms with van der Waals surface area (Å²) in [6, 6.07) is 7.76. The number of rotatable bonds is 2. The minimum Gasteiger partial charge on any atom is -0.423 e. The van der Waals surface area contributed by atoms with Gasteiger partial charge in [0.05, 0.1) is 7.05 Å². The first-order chi connectivity index (χ1) is 9.61. The Balaban J connectivity index is 1.92. The zero-order valence-corrected chi connectivity index (χ0v) is 12.2. The minimum atomic E-state index is -0.239. The fourth-order valence-corrected chi connectivity index (χ4v) is 2.96. The van der Waals surface area contributed by atoms with Crippen LogP contribution in [-0.2, 0) is 6.54 Å². The molecule has 0 bridgehead atoms. The Labute approximate surface area is 118 Å². The summed E-state index contributed by atoms with van der Waals surface area (Å²) in [6.07, 6.45) is 0. The number of fused-ring (bicyclic) bond motifs is 1. The van der Waals surface area contributed by atoms with Gasteiger partial charge in [-0.3, -0.25) is 0 Å². The van der Waals surface area contributed by atoms with Gasteiger partial charge in [-0.1, -0.05) is 12.1 Å². The molecule has 20 heavy (non-hydrogen) atoms. The molecule has 0 unspecified atom stereocenters. The molecule has 0 radical (unpaired) electrons. The first kappa shape index (κ1) is 13.3. The standard InChI is InChI=1S/C16H20N2O2/c1-12-3-4-14-13(10-16(19)20-15(14)9-12)11-18-7-5-17(2)6-8-18/h3-4,9-10H,5-8,11H2,1-2H3/p+2. The lowest BCUT2D eigenvalue weighted by Crippen LogP contribution is -3.26. The van der Waals surface area contributed by atoms with Gasteiger partial charge in [-0.2, -0.15) is 0 Å². The highest BCUT2D eigenvalue weighted by atomic mass is 16.4. The Bertz CT molecular complexity index is 670. The van der Waals surface area contributed by atoms with Crippen LogP contribution < -0.4 is 15.4 Å². The van der Waals surface area contributed by atoms with Gasteiger partial charge in [0.2, 0.25) is 0 Å². The van der Waals surface area contributed by atoms with Crippen LogP contribution in [0.4, 0.5) is 0 Å². The quantitative estimate of drug-likeness (QED) is 0.691. The molecular weight excluding hydrogens is 252 g/mol. The molecule has 2 N–H and O–H groups in total. The number of aryl methyl sites for hydroxylation is 1. The summed E-state index contributed by atoms with van der Waals surface area (Å²) in [7, 11) is 2.24. The van der Waals surface area contributed by atoms with Gasteiger partial charge in [-0.25, -0.2) is 4.79 Å². The van der Waals surface area contributed by atoms with Crippen molar-refractivity contribution < 1.29 is 14.2 Å². The molecular formula is C16H22N2O2+2. The number of quaternary nitrogens is 2. The number of likely N-dealkylation sites (N-methyl/N-ethyl adjacent to an activating group) is 1. The van der Waals surface area contributed by atoms with E-state index in [9.17, 15) is 4.79 Å². The Morgan fingerprint density at radius 2 is 1.90 bits per heavy atom. The molecule has 4 heteroatoms. The molecule has 1 aromatic heterocycles. The Kier molecular flexibility index (Phi) is 3.59. The SMILES string of the molecule is Cc1ccc2c(C[NH+]3CC[NH+](C)CC3)cc(=O)oc2c1. The van der Waals surface area contributed by atoms with E-state index in [0.29, 0.717) is 5.58 Å². The largest absolute Gasteiger partial charge is 0.423 e. The van der Waals surface area contributed by atoms with Crippen LogP contribution in [0, 0.1) is 6.92 Å². The summed E-state index contributed by atoms with van der Waals surface area (Å²) < 4.78 is 5.32. The van der Waals surface area contributed by atoms with Gasteiger partial charge in [0.1, 0.15) is 38.3 Å². The van der Waals surface area contributed by atoms with Gasteiger partial charge in [0.15, 0.2) is 0 Å². The van der Waals surface area contributed by atoms with Crippen LogP contribution in [0.2, 0.25) is 0 Å². The topological polar surface area (TPSA) is 39.1 Å². The highest BCUT2D eigenvalue weighted by molar-refractivity contribution is 5.80. The van der Waals surface area contributed by atoms with Crippen molar-refractivity contribution in [3.63, 3.8) is 0 Å². The number of nitrogens with one attached hydrogen (secondary N) is 2. The van der Waals surface area contributed by atoms with E-state index in [-0.39, 0.29) is 5.63 Å². The predicted octanol–water partition coefficient (Wildman–Crippen LogP) is -0.985. The number of hydrogen-bond acceptors (Lipinski definition) is 2. The lowest BCUT2D eigenvalue weighted by atomic mass is 10.1. The molecule has 0 atom stereocenters. The van der Waals surface area contributed by atoms with Crippen LogP contribution in [0.3, 0.4) is 0 Å². The smallest absolute Gasteiger partial charge is 0.336 e. The molecule has 4 nitrogen and oxygen atoms in total. The van der Waals surface area contributed by atoms with Crippen molar-refractivity contribution in [3.05, 3.63) is 45.8 Å². The van der Waals surface area contributed by atoms with E-state index in [1.807, 2.05) is 13.0 Å². The van der Waals surface area contributed by atoms with Gasteiger partial charge in [-0.15, -0.1) is 0 Å². The molecule has 1 saturated heterocycles. The van der Waals surface area contributed by atoms with Crippen LogP contribution in [0.15, 0.2) is 33.5 Å². The van der Waals surface area contributed by atoms with Crippen molar-refractivity contribution in [2.45, 2.75) is 13.5 Å². The maximum absolute atomic E-state index is 11.7. The Morgan fingerprint density at radius 1 is 1.15 bits per heavy atom. The molecule has 0 aliphatic carbocycles. The zero-order chi connectivity index (χ0) is 14.1. The van der Waals surface area contributed by atoms with Crippen LogP contribution in [-0.4, -0.2) is 33.2 Å². The van der Waals surface area contributed by atoms with Crippen LogP contribution >= 0.6 is 0 Å². The fourth-order valence-electron chi connectivity index (χ4n) is 2.96. The molecule has 2 aromatic rings. The van der Waals surface area contributed by atoms with Crippen molar-refractivity contribution in [2.75, 3.05) is 33.2 Å². The Hall–Kier alpha value is -1.65. The molecule has 0 spiro atoms. The highest BCUT2D eigenvalue weighted by Crippen LogP contribution is 2.17. The van der Waals surface area contributed by atoms with E-state index in [1.165, 1.54) is 26.2 Å². The summed E-state index contributed by atoms with van der Waals surface area (Å²) in [6.45, 7) is 7.67. The predicted molar refractivity (Wildman–Crippen MR) is 78.2 cm³/mol. The highest BCUT2D eigenvalue weighted by Gasteiger charge is 2.21. The van der Waals surface area contributed by atoms with Crippen molar-refractivity contribution in [1.29, 1.82) is 0 Å². The maximum Gasteiger partial charge on any atom is 0.336 e. The zero-order valence-electron chi connectivity index (χ0n) is 12.2. The average Bonchev–Trinajstić information content (AvgIpc) is 2.40. The molecule has 1 fully saturated rings. The third-order valence-corrected chi connectivity index (χ3v) is 4.24. The maximum atomic E-state index is 11.7. The van der Waals surface area contributed by atoms with Crippen LogP contribution in [0.5, 0.6) is 0 Å². The van der Waals surface area contributed by atoms with Gasteiger partial charge < -0.3 is 14.2 Å². The number of piperazine rings is 1. The van der Waals surface area contributed by atoms with E-state index in [2.05, 4.69) is 19.2 Å². The molecule has 1 aliphatic heterocycles. The minimum absolute atomic E-state index is 0.239. The van der Waals surface area contributed by atoms with E-state index in [0.717, 1.165) is 23.1 Å². The average molecular weight is 274 g/mol. The van der Waals surface area contributed by atoms with E-state index < -0.39 is 0 Å². The van der Waals surface area contributed by atoms with Gasteiger partial charge in [0.25, 0.3) is 0 Å². The van der Waals surface area contributed by atoms with E-state index in [4.69, 9.17) is 4.42 Å². The second-order valence-electron chi connectivity index (χ2n) is 5.97. The van der Waals surface area contributed by atoms with Crippen molar-refractivity contribution in [1.82, 2.24) is 0 Å². The lowest BCUT2D eigenvalue weighted by molar-refractivity contribution is -1.01. The molecule has 1 aromatic carbocycles. The number of hydrogen-bond donors (Lipinski definition) is 2. The van der Waals surface area contributed by atoms with Gasteiger partial charge >= 0.3 is 5.63 Å². The van der Waals surface area contributed by atoms with Gasteiger partial charge in [-0.05, 0) is 18.6 Å². The van der Waals surface area contributed by atoms with Gasteiger partial charge in [0, 0.05) is 17.0 Å². The van der Waals surface area contributed by atoms with E-state index >= 15 is 0 Å². The summed E-state index contributed by atoms with van der Waals surface area (Å²) in [5.74, 6) is 0. The molecule has 0 amide bonds. The number of benzene rings is 1. The van der Waals surface area contributed by atoms with Crippen molar-refractivity contribution in [3.8, 4) is 0 Å². The monoisotopic (exact) mass is 274 g/mol. The summed E-state index contributed by atoms with van der Waals surface area (Å²) >= 11 is 0. The lowest BCUT2D eigenvalue weighted by Gasteiger charge is -2.27. The first-order valence-electron chi connectivity index (χ1n) is 7.30. The molecule has 0 saturated carbocycles. The first-order valence-corrected chi connectivity index (χ1v) is 7.30. The molecule has 1 aliphatic rings.